The summed E-state index contributed by atoms with van der Waals surface area (Å²) in [4.78, 5) is 4.76. The highest BCUT2D eigenvalue weighted by Gasteiger charge is 2.12. The topological polar surface area (TPSA) is 54.7 Å². The molecule has 154 valence electrons. The maximum absolute atomic E-state index is 6.01. The van der Waals surface area contributed by atoms with Crippen LogP contribution in [0.15, 0.2) is 72.8 Å². The van der Waals surface area contributed by atoms with E-state index in [1.165, 1.54) is 0 Å². The molecule has 0 N–H and O–H groups in total. The van der Waals surface area contributed by atoms with Gasteiger partial charge in [0.2, 0.25) is 0 Å². The zero-order chi connectivity index (χ0) is 20.8. The first-order valence-electron chi connectivity index (χ1n) is 9.75. The number of hydrogen-bond acceptors (Lipinski definition) is 5. The van der Waals surface area contributed by atoms with E-state index in [1.54, 1.807) is 14.2 Å². The van der Waals surface area contributed by atoms with Crippen LogP contribution in [0.1, 0.15) is 5.82 Å². The molecule has 1 heterocycles. The van der Waals surface area contributed by atoms with Crippen molar-refractivity contribution in [3.63, 3.8) is 0 Å². The molecule has 30 heavy (non-hydrogen) atoms. The van der Waals surface area contributed by atoms with Gasteiger partial charge in [0.1, 0.15) is 30.5 Å². The molecule has 0 saturated heterocycles. The van der Waals surface area contributed by atoms with Crippen molar-refractivity contribution in [2.75, 3.05) is 20.8 Å². The van der Waals surface area contributed by atoms with Gasteiger partial charge in [0.25, 0.3) is 0 Å². The van der Waals surface area contributed by atoms with Crippen LogP contribution in [0.5, 0.6) is 23.0 Å². The number of methoxy groups -OCH3 is 2. The van der Waals surface area contributed by atoms with Crippen LogP contribution >= 0.6 is 0 Å². The highest BCUT2D eigenvalue weighted by atomic mass is 16.5. The molecule has 0 radical (unpaired) electrons. The lowest BCUT2D eigenvalue weighted by Crippen LogP contribution is -2.13. The summed E-state index contributed by atoms with van der Waals surface area (Å²) in [6.45, 7) is 1.46. The van der Waals surface area contributed by atoms with Gasteiger partial charge in [0, 0.05) is 6.07 Å². The molecule has 0 aliphatic carbocycles. The van der Waals surface area contributed by atoms with Gasteiger partial charge in [0.15, 0.2) is 11.5 Å². The normalized spacial score (nSPS) is 10.7. The quantitative estimate of drug-likeness (QED) is 0.404. The van der Waals surface area contributed by atoms with Gasteiger partial charge in [-0.1, -0.05) is 30.3 Å². The van der Waals surface area contributed by atoms with Crippen LogP contribution in [0, 0.1) is 0 Å². The number of imidazole rings is 1. The third-order valence-electron chi connectivity index (χ3n) is 4.78. The van der Waals surface area contributed by atoms with E-state index in [1.807, 2.05) is 66.7 Å². The Kier molecular flexibility index (Phi) is 6.03. The zero-order valence-electron chi connectivity index (χ0n) is 17.1. The average molecular weight is 404 g/mol. The minimum absolute atomic E-state index is 0.328. The first kappa shape index (κ1) is 19.6. The van der Waals surface area contributed by atoms with E-state index in [0.717, 1.165) is 28.4 Å². The Morgan fingerprint density at radius 1 is 0.767 bits per heavy atom. The van der Waals surface area contributed by atoms with Crippen molar-refractivity contribution in [3.05, 3.63) is 78.6 Å². The summed E-state index contributed by atoms with van der Waals surface area (Å²) in [5, 5.41) is 0. The number of benzene rings is 3. The van der Waals surface area contributed by atoms with Gasteiger partial charge in [0.05, 0.1) is 31.8 Å². The summed E-state index contributed by atoms with van der Waals surface area (Å²) in [6, 6.07) is 23.2. The molecule has 1 aromatic heterocycles. The number of fused-ring (bicyclic) bond motifs is 1. The summed E-state index contributed by atoms with van der Waals surface area (Å²) in [5.74, 6) is 3.75. The van der Waals surface area contributed by atoms with Crippen molar-refractivity contribution in [2.45, 2.75) is 13.2 Å². The van der Waals surface area contributed by atoms with Crippen molar-refractivity contribution in [3.8, 4) is 23.0 Å². The lowest BCUT2D eigenvalue weighted by molar-refractivity contribution is 0.261. The van der Waals surface area contributed by atoms with Crippen LogP contribution < -0.4 is 18.9 Å². The minimum Gasteiger partial charge on any atom is -0.497 e. The molecule has 0 saturated carbocycles. The highest BCUT2D eigenvalue weighted by Crippen LogP contribution is 2.27. The summed E-state index contributed by atoms with van der Waals surface area (Å²) in [6.07, 6.45) is 0. The third kappa shape index (κ3) is 4.33. The predicted molar refractivity (Wildman–Crippen MR) is 116 cm³/mol. The summed E-state index contributed by atoms with van der Waals surface area (Å²) in [7, 11) is 3.28. The van der Waals surface area contributed by atoms with Crippen molar-refractivity contribution >= 4 is 11.0 Å². The average Bonchev–Trinajstić information content (AvgIpc) is 3.15. The Morgan fingerprint density at radius 3 is 2.37 bits per heavy atom. The second kappa shape index (κ2) is 9.22. The number of ether oxygens (including phenoxy) is 4. The fourth-order valence-electron chi connectivity index (χ4n) is 3.31. The maximum atomic E-state index is 6.01. The van der Waals surface area contributed by atoms with Crippen molar-refractivity contribution < 1.29 is 18.9 Å². The fraction of sp³-hybridized carbons (Fsp3) is 0.208. The molecule has 3 aromatic carbocycles. The molecule has 6 nitrogen and oxygen atoms in total. The summed E-state index contributed by atoms with van der Waals surface area (Å²) in [5.41, 5.74) is 1.97. The monoisotopic (exact) mass is 404 g/mol. The molecule has 4 aromatic rings. The number of hydrogen-bond donors (Lipinski definition) is 0. The SMILES string of the molecule is COc1cccc(OCCn2c(COc3ccccc3OC)nc3ccccc32)c1. The van der Waals surface area contributed by atoms with E-state index in [-0.39, 0.29) is 0 Å². The molecule has 0 atom stereocenters. The smallest absolute Gasteiger partial charge is 0.161 e. The number of para-hydroxylation sites is 4. The van der Waals surface area contributed by atoms with Gasteiger partial charge in [-0.05, 0) is 36.4 Å². The van der Waals surface area contributed by atoms with Crippen LogP contribution in [-0.2, 0) is 13.2 Å². The van der Waals surface area contributed by atoms with Crippen LogP contribution in [0.2, 0.25) is 0 Å². The van der Waals surface area contributed by atoms with Gasteiger partial charge in [-0.2, -0.15) is 0 Å². The Hall–Kier alpha value is -3.67. The van der Waals surface area contributed by atoms with Gasteiger partial charge < -0.3 is 23.5 Å². The van der Waals surface area contributed by atoms with Crippen LogP contribution in [0.4, 0.5) is 0 Å². The maximum Gasteiger partial charge on any atom is 0.161 e. The fourth-order valence-corrected chi connectivity index (χ4v) is 3.31. The lowest BCUT2D eigenvalue weighted by Gasteiger charge is -2.13. The second-order valence-electron chi connectivity index (χ2n) is 6.64. The molecule has 0 unspecified atom stereocenters. The second-order valence-corrected chi connectivity index (χ2v) is 6.64. The van der Waals surface area contributed by atoms with Crippen LogP contribution in [0.25, 0.3) is 11.0 Å². The van der Waals surface area contributed by atoms with Gasteiger partial charge >= 0.3 is 0 Å². The van der Waals surface area contributed by atoms with Gasteiger partial charge in [-0.15, -0.1) is 0 Å². The Labute approximate surface area is 175 Å². The molecular formula is C24H24N2O4. The van der Waals surface area contributed by atoms with E-state index in [2.05, 4.69) is 10.6 Å². The van der Waals surface area contributed by atoms with Crippen molar-refractivity contribution in [1.82, 2.24) is 9.55 Å². The third-order valence-corrected chi connectivity index (χ3v) is 4.78. The van der Waals surface area contributed by atoms with Crippen molar-refractivity contribution in [1.29, 1.82) is 0 Å². The predicted octanol–water partition coefficient (Wildman–Crippen LogP) is 4.71. The number of rotatable bonds is 9. The molecule has 0 bridgehead atoms. The molecule has 0 amide bonds. The van der Waals surface area contributed by atoms with E-state index in [4.69, 9.17) is 23.9 Å². The Bertz CT molecular complexity index is 1120. The zero-order valence-corrected chi connectivity index (χ0v) is 17.1. The molecule has 0 fully saturated rings. The molecule has 4 rings (SSSR count). The minimum atomic E-state index is 0.328. The number of nitrogens with zero attached hydrogens (tertiary/aromatic N) is 2. The molecule has 0 aliphatic rings. The van der Waals surface area contributed by atoms with Gasteiger partial charge in [-0.25, -0.2) is 4.98 Å². The Morgan fingerprint density at radius 2 is 1.53 bits per heavy atom. The summed E-state index contributed by atoms with van der Waals surface area (Å²) >= 11 is 0. The highest BCUT2D eigenvalue weighted by molar-refractivity contribution is 5.75. The first-order chi connectivity index (χ1) is 14.8. The molecule has 0 aliphatic heterocycles. The lowest BCUT2D eigenvalue weighted by atomic mass is 10.3. The molecular weight excluding hydrogens is 380 g/mol. The van der Waals surface area contributed by atoms with E-state index in [0.29, 0.717) is 31.3 Å². The van der Waals surface area contributed by atoms with Crippen LogP contribution in [0.3, 0.4) is 0 Å². The first-order valence-corrected chi connectivity index (χ1v) is 9.75. The summed E-state index contributed by atoms with van der Waals surface area (Å²) < 4.78 is 24.7. The van der Waals surface area contributed by atoms with Crippen LogP contribution in [-0.4, -0.2) is 30.4 Å². The molecule has 0 spiro atoms. The molecule has 6 heteroatoms. The Balaban J connectivity index is 1.51. The standard InChI is InChI=1S/C24H24N2O4/c1-27-18-8-7-9-19(16-18)29-15-14-26-21-11-4-3-10-20(21)25-24(26)17-30-23-13-6-5-12-22(23)28-2/h3-13,16H,14-15,17H2,1-2H3. The van der Waals surface area contributed by atoms with E-state index < -0.39 is 0 Å². The number of aromatic nitrogens is 2. The van der Waals surface area contributed by atoms with Crippen molar-refractivity contribution in [2.24, 2.45) is 0 Å². The largest absolute Gasteiger partial charge is 0.497 e. The van der Waals surface area contributed by atoms with E-state index in [9.17, 15) is 0 Å². The van der Waals surface area contributed by atoms with Gasteiger partial charge in [-0.3, -0.25) is 0 Å². The van der Waals surface area contributed by atoms with E-state index >= 15 is 0 Å².